The van der Waals surface area contributed by atoms with Crippen molar-refractivity contribution in [2.24, 2.45) is 0 Å². The highest BCUT2D eigenvalue weighted by Crippen LogP contribution is 2.17. The van der Waals surface area contributed by atoms with E-state index in [1.54, 1.807) is 0 Å². The molecule has 3 N–H and O–H groups in total. The van der Waals surface area contributed by atoms with E-state index in [-0.39, 0.29) is 11.9 Å². The number of amides is 1. The molecule has 5 nitrogen and oxygen atoms in total. The molecule has 100 valence electrons. The summed E-state index contributed by atoms with van der Waals surface area (Å²) in [5.41, 5.74) is 8.11. The monoisotopic (exact) mass is 276 g/mol. The fourth-order valence-corrected chi connectivity index (χ4v) is 2.40. The minimum absolute atomic E-state index is 0.0834. The number of hydrogen-bond acceptors (Lipinski definition) is 5. The molecule has 0 saturated carbocycles. The van der Waals surface area contributed by atoms with E-state index in [4.69, 9.17) is 5.73 Å². The highest BCUT2D eigenvalue weighted by molar-refractivity contribution is 7.08. The largest absolute Gasteiger partial charge is 0.399 e. The van der Waals surface area contributed by atoms with Crippen molar-refractivity contribution in [3.8, 4) is 0 Å². The maximum atomic E-state index is 12.1. The fraction of sp³-hybridized carbons (Fsp3) is 0.308. The van der Waals surface area contributed by atoms with Gasteiger partial charge >= 0.3 is 0 Å². The van der Waals surface area contributed by atoms with Crippen LogP contribution in [0.4, 0.5) is 5.69 Å². The molecule has 1 aromatic heterocycles. The molecule has 0 bridgehead atoms. The smallest absolute Gasteiger partial charge is 0.265 e. The van der Waals surface area contributed by atoms with Crippen molar-refractivity contribution in [1.82, 2.24) is 14.9 Å². The number of aryl methyl sites for hydroxylation is 1. The molecule has 1 atom stereocenters. The first-order valence-corrected chi connectivity index (χ1v) is 6.86. The number of aromatic nitrogens is 2. The predicted molar refractivity (Wildman–Crippen MR) is 76.0 cm³/mol. The molecular formula is C13H16N4OS. The second-order valence-electron chi connectivity index (χ2n) is 4.26. The molecule has 1 aromatic carbocycles. The van der Waals surface area contributed by atoms with Crippen molar-refractivity contribution in [1.29, 1.82) is 0 Å². The van der Waals surface area contributed by atoms with Crippen LogP contribution in [0.3, 0.4) is 0 Å². The summed E-state index contributed by atoms with van der Waals surface area (Å²) in [4.78, 5) is 12.7. The van der Waals surface area contributed by atoms with Gasteiger partial charge in [0, 0.05) is 5.69 Å². The number of nitrogen functional groups attached to an aromatic ring is 1. The lowest BCUT2D eigenvalue weighted by Crippen LogP contribution is -2.26. The Kier molecular flexibility index (Phi) is 4.11. The summed E-state index contributed by atoms with van der Waals surface area (Å²) in [5, 5.41) is 6.88. The molecule has 2 rings (SSSR count). The SMILES string of the molecule is CCc1nnsc1C(=O)NC(C)c1ccc(N)cc1. The van der Waals surface area contributed by atoms with Crippen molar-refractivity contribution in [2.45, 2.75) is 26.3 Å². The lowest BCUT2D eigenvalue weighted by atomic mass is 10.1. The third kappa shape index (κ3) is 3.08. The number of hydrogen-bond donors (Lipinski definition) is 2. The van der Waals surface area contributed by atoms with Gasteiger partial charge in [0.15, 0.2) is 0 Å². The number of rotatable bonds is 4. The van der Waals surface area contributed by atoms with Crippen LogP contribution in [0, 0.1) is 0 Å². The van der Waals surface area contributed by atoms with Gasteiger partial charge < -0.3 is 11.1 Å². The summed E-state index contributed by atoms with van der Waals surface area (Å²) in [6.45, 7) is 3.89. The average Bonchev–Trinajstić information content (AvgIpc) is 2.87. The van der Waals surface area contributed by atoms with Crippen LogP contribution >= 0.6 is 11.5 Å². The number of nitrogens with one attached hydrogen (secondary N) is 1. The van der Waals surface area contributed by atoms with Crippen LogP contribution < -0.4 is 11.1 Å². The molecule has 0 aliphatic rings. The van der Waals surface area contributed by atoms with Gasteiger partial charge in [-0.25, -0.2) is 0 Å². The first-order chi connectivity index (χ1) is 9.11. The molecule has 0 saturated heterocycles. The Hall–Kier alpha value is -1.95. The Balaban J connectivity index is 2.08. The molecule has 0 radical (unpaired) electrons. The van der Waals surface area contributed by atoms with Gasteiger partial charge in [-0.2, -0.15) is 0 Å². The molecule has 6 heteroatoms. The number of benzene rings is 1. The van der Waals surface area contributed by atoms with E-state index in [1.165, 1.54) is 0 Å². The zero-order valence-corrected chi connectivity index (χ0v) is 11.7. The molecule has 0 spiro atoms. The Bertz CT molecular complexity index is 564. The second-order valence-corrected chi connectivity index (χ2v) is 5.02. The molecule has 0 aliphatic heterocycles. The van der Waals surface area contributed by atoms with Crippen molar-refractivity contribution >= 4 is 23.1 Å². The number of carbonyl (C=O) groups excluding carboxylic acids is 1. The molecule has 19 heavy (non-hydrogen) atoms. The maximum Gasteiger partial charge on any atom is 0.265 e. The lowest BCUT2D eigenvalue weighted by Gasteiger charge is -2.14. The predicted octanol–water partition coefficient (Wildman–Crippen LogP) is 2.17. The molecule has 1 heterocycles. The van der Waals surface area contributed by atoms with Gasteiger partial charge in [0.05, 0.1) is 11.7 Å². The first-order valence-electron chi connectivity index (χ1n) is 6.09. The third-order valence-corrected chi connectivity index (χ3v) is 3.65. The highest BCUT2D eigenvalue weighted by Gasteiger charge is 2.17. The fourth-order valence-electron chi connectivity index (χ4n) is 1.74. The van der Waals surface area contributed by atoms with E-state index in [2.05, 4.69) is 14.9 Å². The van der Waals surface area contributed by atoms with Gasteiger partial charge in [-0.05, 0) is 42.6 Å². The summed E-state index contributed by atoms with van der Waals surface area (Å²) >= 11 is 1.13. The van der Waals surface area contributed by atoms with Crippen LogP contribution in [0.15, 0.2) is 24.3 Å². The summed E-state index contributed by atoms with van der Waals surface area (Å²) in [6, 6.07) is 7.38. The maximum absolute atomic E-state index is 12.1. The number of anilines is 1. The minimum Gasteiger partial charge on any atom is -0.399 e. The summed E-state index contributed by atoms with van der Waals surface area (Å²) in [7, 11) is 0. The molecule has 1 unspecified atom stereocenters. The summed E-state index contributed by atoms with van der Waals surface area (Å²) < 4.78 is 3.82. The van der Waals surface area contributed by atoms with E-state index in [0.29, 0.717) is 17.0 Å². The van der Waals surface area contributed by atoms with Crippen LogP contribution in [0.5, 0.6) is 0 Å². The summed E-state index contributed by atoms with van der Waals surface area (Å²) in [5.74, 6) is -0.129. The summed E-state index contributed by atoms with van der Waals surface area (Å²) in [6.07, 6.45) is 0.704. The minimum atomic E-state index is -0.129. The van der Waals surface area contributed by atoms with Gasteiger partial charge in [-0.15, -0.1) is 5.10 Å². The van der Waals surface area contributed by atoms with Gasteiger partial charge in [-0.1, -0.05) is 23.5 Å². The average molecular weight is 276 g/mol. The van der Waals surface area contributed by atoms with Crippen LogP contribution in [-0.4, -0.2) is 15.5 Å². The number of nitrogens with two attached hydrogens (primary N) is 1. The molecular weight excluding hydrogens is 260 g/mol. The van der Waals surface area contributed by atoms with Crippen molar-refractivity contribution in [3.05, 3.63) is 40.4 Å². The van der Waals surface area contributed by atoms with Crippen LogP contribution in [0.2, 0.25) is 0 Å². The van der Waals surface area contributed by atoms with Crippen LogP contribution in [-0.2, 0) is 6.42 Å². The Morgan fingerprint density at radius 2 is 2.11 bits per heavy atom. The van der Waals surface area contributed by atoms with Crippen molar-refractivity contribution in [3.63, 3.8) is 0 Å². The van der Waals surface area contributed by atoms with Crippen LogP contribution in [0.1, 0.15) is 40.8 Å². The zero-order chi connectivity index (χ0) is 13.8. The Labute approximate surface area is 116 Å². The highest BCUT2D eigenvalue weighted by atomic mass is 32.1. The zero-order valence-electron chi connectivity index (χ0n) is 10.9. The normalized spacial score (nSPS) is 12.1. The topological polar surface area (TPSA) is 80.9 Å². The second kappa shape index (κ2) is 5.79. The van der Waals surface area contributed by atoms with E-state index in [9.17, 15) is 4.79 Å². The van der Waals surface area contributed by atoms with Gasteiger partial charge in [0.25, 0.3) is 5.91 Å². The van der Waals surface area contributed by atoms with Gasteiger partial charge in [0.2, 0.25) is 0 Å². The van der Waals surface area contributed by atoms with Crippen molar-refractivity contribution < 1.29 is 4.79 Å². The van der Waals surface area contributed by atoms with E-state index in [0.717, 1.165) is 22.8 Å². The Morgan fingerprint density at radius 3 is 2.74 bits per heavy atom. The Morgan fingerprint density at radius 1 is 1.42 bits per heavy atom. The molecule has 0 aliphatic carbocycles. The van der Waals surface area contributed by atoms with Crippen molar-refractivity contribution in [2.75, 3.05) is 5.73 Å². The van der Waals surface area contributed by atoms with Gasteiger partial charge in [0.1, 0.15) is 4.88 Å². The standard InChI is InChI=1S/C13H16N4OS/c1-3-11-12(19-17-16-11)13(18)15-8(2)9-4-6-10(14)7-5-9/h4-8H,3,14H2,1-2H3,(H,15,18). The molecule has 0 fully saturated rings. The number of carbonyl (C=O) groups is 1. The van der Waals surface area contributed by atoms with E-state index >= 15 is 0 Å². The lowest BCUT2D eigenvalue weighted by molar-refractivity contribution is 0.0943. The van der Waals surface area contributed by atoms with E-state index < -0.39 is 0 Å². The number of nitrogens with zero attached hydrogens (tertiary/aromatic N) is 2. The van der Waals surface area contributed by atoms with Crippen LogP contribution in [0.25, 0.3) is 0 Å². The van der Waals surface area contributed by atoms with Gasteiger partial charge in [-0.3, -0.25) is 4.79 Å². The molecule has 1 amide bonds. The quantitative estimate of drug-likeness (QED) is 0.839. The first kappa shape index (κ1) is 13.5. The third-order valence-electron chi connectivity index (χ3n) is 2.88. The molecule has 2 aromatic rings. The van der Waals surface area contributed by atoms with E-state index in [1.807, 2.05) is 38.1 Å².